The molecule has 0 spiro atoms. The smallest absolute Gasteiger partial charge is 0.241 e. The Balaban J connectivity index is 1.87. The van der Waals surface area contributed by atoms with Gasteiger partial charge >= 0.3 is 0 Å². The zero-order valence-electron chi connectivity index (χ0n) is 12.3. The van der Waals surface area contributed by atoms with Gasteiger partial charge in [0.15, 0.2) is 0 Å². The van der Waals surface area contributed by atoms with Crippen LogP contribution in [0.1, 0.15) is 25.8 Å². The highest BCUT2D eigenvalue weighted by Crippen LogP contribution is 2.36. The molecular weight excluding hydrogens is 266 g/mol. The Bertz CT molecular complexity index is 663. The fourth-order valence-electron chi connectivity index (χ4n) is 2.46. The number of fused-ring (bicyclic) bond motifs is 3. The minimum atomic E-state index is -0.0146. The monoisotopic (exact) mass is 285 g/mol. The quantitative estimate of drug-likeness (QED) is 0.938. The third kappa shape index (κ3) is 2.63. The van der Waals surface area contributed by atoms with Gasteiger partial charge in [-0.2, -0.15) is 5.10 Å². The molecule has 0 fully saturated rings. The Labute approximate surface area is 123 Å². The van der Waals surface area contributed by atoms with Crippen molar-refractivity contribution in [3.05, 3.63) is 36.0 Å². The molecule has 1 N–H and O–H groups in total. The van der Waals surface area contributed by atoms with E-state index < -0.39 is 0 Å². The molecule has 5 nitrogen and oxygen atoms in total. The summed E-state index contributed by atoms with van der Waals surface area (Å²) in [5.74, 6) is 0.827. The molecule has 0 unspecified atom stereocenters. The van der Waals surface area contributed by atoms with E-state index in [9.17, 15) is 4.79 Å². The van der Waals surface area contributed by atoms with E-state index in [1.165, 1.54) is 0 Å². The molecule has 110 valence electrons. The summed E-state index contributed by atoms with van der Waals surface area (Å²) in [5, 5.41) is 7.31. The zero-order valence-corrected chi connectivity index (χ0v) is 12.3. The highest BCUT2D eigenvalue weighted by molar-refractivity contribution is 5.78. The molecule has 1 aromatic carbocycles. The number of carbonyl (C=O) groups is 1. The molecule has 1 aromatic heterocycles. The van der Waals surface area contributed by atoms with Gasteiger partial charge in [0.25, 0.3) is 0 Å². The predicted molar refractivity (Wildman–Crippen MR) is 79.9 cm³/mol. The summed E-state index contributed by atoms with van der Waals surface area (Å²) < 4.78 is 7.45. The molecule has 0 aliphatic carbocycles. The van der Waals surface area contributed by atoms with Gasteiger partial charge in [-0.05, 0) is 25.5 Å². The Kier molecular flexibility index (Phi) is 3.64. The number of carbonyl (C=O) groups excluding carboxylic acids is 1. The summed E-state index contributed by atoms with van der Waals surface area (Å²) in [7, 11) is 0. The molecule has 1 aliphatic rings. The maximum atomic E-state index is 12.1. The van der Waals surface area contributed by atoms with E-state index in [2.05, 4.69) is 10.4 Å². The molecule has 0 bridgehead atoms. The van der Waals surface area contributed by atoms with Gasteiger partial charge in [0.1, 0.15) is 18.9 Å². The second-order valence-corrected chi connectivity index (χ2v) is 5.34. The molecule has 3 rings (SSSR count). The lowest BCUT2D eigenvalue weighted by Gasteiger charge is -2.19. The van der Waals surface area contributed by atoms with E-state index in [0.717, 1.165) is 29.0 Å². The minimum Gasteiger partial charge on any atom is -0.488 e. The first kappa shape index (κ1) is 13.7. The van der Waals surface area contributed by atoms with Crippen molar-refractivity contribution in [3.63, 3.8) is 0 Å². The van der Waals surface area contributed by atoms with Crippen LogP contribution in [0.4, 0.5) is 0 Å². The molecule has 2 heterocycles. The van der Waals surface area contributed by atoms with Crippen LogP contribution in [0.25, 0.3) is 11.3 Å². The second kappa shape index (κ2) is 5.60. The number of nitrogens with zero attached hydrogens (tertiary/aromatic N) is 2. The summed E-state index contributed by atoms with van der Waals surface area (Å²) in [6.07, 6.45) is 2.70. The average molecular weight is 285 g/mol. The van der Waals surface area contributed by atoms with E-state index >= 15 is 0 Å². The highest BCUT2D eigenvalue weighted by atomic mass is 16.5. The number of rotatable bonds is 4. The Morgan fingerprint density at radius 2 is 2.29 bits per heavy atom. The van der Waals surface area contributed by atoms with Gasteiger partial charge in [0, 0.05) is 17.2 Å². The van der Waals surface area contributed by atoms with Gasteiger partial charge in [-0.15, -0.1) is 0 Å². The maximum Gasteiger partial charge on any atom is 0.241 e. The van der Waals surface area contributed by atoms with Crippen LogP contribution in [-0.4, -0.2) is 21.7 Å². The normalized spacial score (nSPS) is 13.8. The third-order valence-corrected chi connectivity index (χ3v) is 3.75. The van der Waals surface area contributed by atoms with Gasteiger partial charge in [-0.25, -0.2) is 0 Å². The zero-order chi connectivity index (χ0) is 14.8. The maximum absolute atomic E-state index is 12.1. The fraction of sp³-hybridized carbons (Fsp3) is 0.375. The van der Waals surface area contributed by atoms with Gasteiger partial charge in [-0.1, -0.05) is 19.1 Å². The largest absolute Gasteiger partial charge is 0.488 e. The molecule has 0 saturated carbocycles. The number of hydrogen-bond donors (Lipinski definition) is 1. The van der Waals surface area contributed by atoms with Crippen LogP contribution in [0.15, 0.2) is 30.5 Å². The number of ether oxygens (including phenoxy) is 1. The standard InChI is InChI=1S/C16H19N3O2/c1-3-11(2)18-15(20)9-19-16-12(8-17-19)10-21-14-7-5-4-6-13(14)16/h4-8,11H,3,9-10H2,1-2H3,(H,18,20)/t11-/m0/s1. The van der Waals surface area contributed by atoms with Crippen LogP contribution in [0.5, 0.6) is 5.75 Å². The van der Waals surface area contributed by atoms with E-state index in [1.54, 1.807) is 10.9 Å². The minimum absolute atomic E-state index is 0.0146. The Hall–Kier alpha value is -2.30. The first-order valence-corrected chi connectivity index (χ1v) is 7.25. The van der Waals surface area contributed by atoms with Gasteiger partial charge in [0.2, 0.25) is 5.91 Å². The number of nitrogens with one attached hydrogen (secondary N) is 1. The lowest BCUT2D eigenvalue weighted by molar-refractivity contribution is -0.122. The first-order valence-electron chi connectivity index (χ1n) is 7.25. The first-order chi connectivity index (χ1) is 10.2. The number of para-hydroxylation sites is 1. The van der Waals surface area contributed by atoms with Crippen molar-refractivity contribution < 1.29 is 9.53 Å². The van der Waals surface area contributed by atoms with E-state index in [-0.39, 0.29) is 18.5 Å². The molecular formula is C16H19N3O2. The second-order valence-electron chi connectivity index (χ2n) is 5.34. The molecule has 0 radical (unpaired) electrons. The SMILES string of the molecule is CC[C@H](C)NC(=O)Cn1ncc2c1-c1ccccc1OC2. The van der Waals surface area contributed by atoms with Crippen molar-refractivity contribution in [2.24, 2.45) is 0 Å². The average Bonchev–Trinajstić information content (AvgIpc) is 2.90. The number of hydrogen-bond acceptors (Lipinski definition) is 3. The van der Waals surface area contributed by atoms with Crippen LogP contribution in [-0.2, 0) is 17.9 Å². The third-order valence-electron chi connectivity index (χ3n) is 3.75. The van der Waals surface area contributed by atoms with Crippen molar-refractivity contribution in [1.82, 2.24) is 15.1 Å². The number of amides is 1. The van der Waals surface area contributed by atoms with E-state index in [4.69, 9.17) is 4.74 Å². The van der Waals surface area contributed by atoms with Crippen molar-refractivity contribution in [2.75, 3.05) is 0 Å². The highest BCUT2D eigenvalue weighted by Gasteiger charge is 2.22. The fourth-order valence-corrected chi connectivity index (χ4v) is 2.46. The summed E-state index contributed by atoms with van der Waals surface area (Å²) in [6.45, 7) is 4.78. The van der Waals surface area contributed by atoms with Crippen molar-refractivity contribution in [2.45, 2.75) is 39.5 Å². The van der Waals surface area contributed by atoms with E-state index in [0.29, 0.717) is 6.61 Å². The summed E-state index contributed by atoms with van der Waals surface area (Å²) in [4.78, 5) is 12.1. The van der Waals surface area contributed by atoms with Crippen LogP contribution >= 0.6 is 0 Å². The summed E-state index contributed by atoms with van der Waals surface area (Å²) in [5.41, 5.74) is 2.99. The Morgan fingerprint density at radius 3 is 3.10 bits per heavy atom. The topological polar surface area (TPSA) is 56.2 Å². The van der Waals surface area contributed by atoms with Gasteiger partial charge < -0.3 is 10.1 Å². The number of aromatic nitrogens is 2. The van der Waals surface area contributed by atoms with Gasteiger partial charge in [-0.3, -0.25) is 9.48 Å². The van der Waals surface area contributed by atoms with Crippen molar-refractivity contribution >= 4 is 5.91 Å². The van der Waals surface area contributed by atoms with E-state index in [1.807, 2.05) is 38.1 Å². The molecule has 0 saturated heterocycles. The molecule has 1 aliphatic heterocycles. The molecule has 5 heteroatoms. The summed E-state index contributed by atoms with van der Waals surface area (Å²) >= 11 is 0. The molecule has 1 amide bonds. The van der Waals surface area contributed by atoms with Crippen LogP contribution < -0.4 is 10.1 Å². The lowest BCUT2D eigenvalue weighted by Crippen LogP contribution is -2.35. The predicted octanol–water partition coefficient (Wildman–Crippen LogP) is 2.36. The van der Waals surface area contributed by atoms with Gasteiger partial charge in [0.05, 0.1) is 11.9 Å². The van der Waals surface area contributed by atoms with Crippen molar-refractivity contribution in [1.29, 1.82) is 0 Å². The van der Waals surface area contributed by atoms with Crippen molar-refractivity contribution in [3.8, 4) is 17.0 Å². The Morgan fingerprint density at radius 1 is 1.48 bits per heavy atom. The molecule has 2 aromatic rings. The van der Waals surface area contributed by atoms with Crippen LogP contribution in [0.2, 0.25) is 0 Å². The molecule has 21 heavy (non-hydrogen) atoms. The number of benzene rings is 1. The lowest BCUT2D eigenvalue weighted by atomic mass is 10.0. The molecule has 1 atom stereocenters. The van der Waals surface area contributed by atoms with Crippen LogP contribution in [0, 0.1) is 0 Å². The van der Waals surface area contributed by atoms with Crippen LogP contribution in [0.3, 0.4) is 0 Å². The summed E-state index contributed by atoms with van der Waals surface area (Å²) in [6, 6.07) is 8.03.